The lowest BCUT2D eigenvalue weighted by Crippen LogP contribution is -3.15. The summed E-state index contributed by atoms with van der Waals surface area (Å²) < 4.78 is 5.10. The van der Waals surface area contributed by atoms with Gasteiger partial charge in [0.1, 0.15) is 11.7 Å². The number of hydrogen-bond donors (Lipinski definition) is 2. The molecule has 1 aliphatic rings. The minimum atomic E-state index is -0.125. The first-order valence-corrected chi connectivity index (χ1v) is 10.2. The van der Waals surface area contributed by atoms with E-state index in [0.717, 1.165) is 32.5 Å². The van der Waals surface area contributed by atoms with Crippen LogP contribution in [0.1, 0.15) is 31.4 Å². The number of quaternary nitrogens is 1. The van der Waals surface area contributed by atoms with E-state index in [-0.39, 0.29) is 17.3 Å². The zero-order chi connectivity index (χ0) is 20.1. The molecule has 150 valence electrons. The monoisotopic (exact) mass is 382 g/mol. The summed E-state index contributed by atoms with van der Waals surface area (Å²) in [5, 5.41) is 9.89. The van der Waals surface area contributed by atoms with Crippen LogP contribution in [0.2, 0.25) is 0 Å². The van der Waals surface area contributed by atoms with E-state index in [4.69, 9.17) is 4.74 Å². The molecule has 28 heavy (non-hydrogen) atoms. The molecule has 2 aromatic rings. The average molecular weight is 383 g/mol. The zero-order valence-electron chi connectivity index (χ0n) is 17.2. The molecule has 0 aromatic heterocycles. The SMILES string of the molecule is COC(=O)C(Cc1ccccc1)C[NH+]1CC[C@@](C)(c2cccc(O)c2)[C@@H](C)C1. The van der Waals surface area contributed by atoms with E-state index in [1.165, 1.54) is 23.1 Å². The maximum Gasteiger partial charge on any atom is 0.314 e. The number of ether oxygens (including phenoxy) is 1. The van der Waals surface area contributed by atoms with Crippen LogP contribution in [-0.2, 0) is 21.4 Å². The Balaban J connectivity index is 1.68. The molecule has 2 aromatic carbocycles. The third kappa shape index (κ3) is 4.56. The van der Waals surface area contributed by atoms with Gasteiger partial charge in [-0.2, -0.15) is 0 Å². The molecule has 1 heterocycles. The Kier molecular flexibility index (Phi) is 6.40. The number of nitrogens with one attached hydrogen (secondary N) is 1. The average Bonchev–Trinajstić information content (AvgIpc) is 2.70. The molecule has 1 aliphatic heterocycles. The predicted octanol–water partition coefficient (Wildman–Crippen LogP) is 2.61. The number of carbonyl (C=O) groups excluding carboxylic acids is 1. The molecule has 0 radical (unpaired) electrons. The number of likely N-dealkylation sites (tertiary alicyclic amines) is 1. The van der Waals surface area contributed by atoms with Gasteiger partial charge >= 0.3 is 5.97 Å². The highest BCUT2D eigenvalue weighted by Gasteiger charge is 2.41. The quantitative estimate of drug-likeness (QED) is 0.755. The number of carbonyl (C=O) groups is 1. The first-order valence-electron chi connectivity index (χ1n) is 10.2. The molecule has 4 nitrogen and oxygen atoms in total. The molecule has 3 rings (SSSR count). The van der Waals surface area contributed by atoms with Crippen LogP contribution in [0.4, 0.5) is 0 Å². The topological polar surface area (TPSA) is 51.0 Å². The fourth-order valence-electron chi connectivity index (χ4n) is 4.57. The molecule has 4 atom stereocenters. The van der Waals surface area contributed by atoms with Crippen LogP contribution in [0.3, 0.4) is 0 Å². The number of methoxy groups -OCH3 is 1. The van der Waals surface area contributed by atoms with Gasteiger partial charge in [0, 0.05) is 17.8 Å². The van der Waals surface area contributed by atoms with E-state index >= 15 is 0 Å². The molecule has 4 heteroatoms. The molecule has 0 amide bonds. The van der Waals surface area contributed by atoms with Crippen LogP contribution in [-0.4, -0.2) is 37.8 Å². The van der Waals surface area contributed by atoms with Gasteiger partial charge in [-0.3, -0.25) is 4.79 Å². The Labute approximate surface area is 168 Å². The van der Waals surface area contributed by atoms with Crippen LogP contribution < -0.4 is 4.90 Å². The minimum Gasteiger partial charge on any atom is -0.508 e. The lowest BCUT2D eigenvalue weighted by molar-refractivity contribution is -0.912. The Bertz CT molecular complexity index is 791. The van der Waals surface area contributed by atoms with Crippen molar-refractivity contribution in [3.63, 3.8) is 0 Å². The van der Waals surface area contributed by atoms with Gasteiger partial charge in [0.05, 0.1) is 26.7 Å². The normalized spacial score (nSPS) is 25.8. The minimum absolute atomic E-state index is 0.0441. The molecule has 0 bridgehead atoms. The van der Waals surface area contributed by atoms with Crippen LogP contribution in [0.15, 0.2) is 54.6 Å². The number of phenolic OH excluding ortho intramolecular Hbond substituents is 1. The third-order valence-electron chi connectivity index (χ3n) is 6.58. The molecule has 2 N–H and O–H groups in total. The van der Waals surface area contributed by atoms with Crippen molar-refractivity contribution in [1.82, 2.24) is 0 Å². The van der Waals surface area contributed by atoms with Crippen LogP contribution >= 0.6 is 0 Å². The zero-order valence-corrected chi connectivity index (χ0v) is 17.2. The van der Waals surface area contributed by atoms with Crippen molar-refractivity contribution in [3.05, 3.63) is 65.7 Å². The standard InChI is InChI=1S/C24H31NO3/c1-18-16-25(13-12-24(18,2)21-10-7-11-22(26)15-21)17-20(23(27)28-3)14-19-8-5-4-6-9-19/h4-11,15,18,20,26H,12-14,16-17H2,1-3H3/p+1/t18-,20?,24+/m0/s1. The fourth-order valence-corrected chi connectivity index (χ4v) is 4.57. The van der Waals surface area contributed by atoms with Crippen molar-refractivity contribution in [2.24, 2.45) is 11.8 Å². The maximum atomic E-state index is 12.4. The lowest BCUT2D eigenvalue weighted by atomic mass is 9.68. The van der Waals surface area contributed by atoms with Crippen molar-refractivity contribution < 1.29 is 19.5 Å². The van der Waals surface area contributed by atoms with E-state index < -0.39 is 0 Å². The lowest BCUT2D eigenvalue weighted by Gasteiger charge is -2.43. The Hall–Kier alpha value is -2.33. The van der Waals surface area contributed by atoms with Gasteiger partial charge in [0.15, 0.2) is 0 Å². The van der Waals surface area contributed by atoms with Gasteiger partial charge < -0.3 is 14.7 Å². The number of hydrogen-bond acceptors (Lipinski definition) is 3. The second-order valence-corrected chi connectivity index (χ2v) is 8.44. The number of esters is 1. The van der Waals surface area contributed by atoms with E-state index in [1.54, 1.807) is 6.07 Å². The molecule has 2 unspecified atom stereocenters. The van der Waals surface area contributed by atoms with Gasteiger partial charge in [-0.25, -0.2) is 0 Å². The molecular weight excluding hydrogens is 350 g/mol. The molecule has 0 saturated carbocycles. The Morgan fingerprint density at radius 1 is 1.25 bits per heavy atom. The highest BCUT2D eigenvalue weighted by atomic mass is 16.5. The van der Waals surface area contributed by atoms with Gasteiger partial charge in [0.2, 0.25) is 0 Å². The molecule has 1 fully saturated rings. The highest BCUT2D eigenvalue weighted by Crippen LogP contribution is 2.37. The first-order chi connectivity index (χ1) is 13.4. The molecule has 1 saturated heterocycles. The summed E-state index contributed by atoms with van der Waals surface area (Å²) in [6.45, 7) is 7.40. The number of phenols is 1. The highest BCUT2D eigenvalue weighted by molar-refractivity contribution is 5.72. The number of rotatable bonds is 6. The van der Waals surface area contributed by atoms with E-state index in [0.29, 0.717) is 11.7 Å². The van der Waals surface area contributed by atoms with Crippen molar-refractivity contribution in [1.29, 1.82) is 0 Å². The Morgan fingerprint density at radius 2 is 2.00 bits per heavy atom. The van der Waals surface area contributed by atoms with Crippen molar-refractivity contribution in [2.75, 3.05) is 26.7 Å². The van der Waals surface area contributed by atoms with Gasteiger partial charge in [-0.05, 0) is 29.7 Å². The Morgan fingerprint density at radius 3 is 2.64 bits per heavy atom. The second kappa shape index (κ2) is 8.78. The summed E-state index contributed by atoms with van der Waals surface area (Å²) in [4.78, 5) is 13.8. The second-order valence-electron chi connectivity index (χ2n) is 8.44. The van der Waals surface area contributed by atoms with Crippen molar-refractivity contribution in [3.8, 4) is 5.75 Å². The predicted molar refractivity (Wildman–Crippen MR) is 110 cm³/mol. The molecule has 0 aliphatic carbocycles. The van der Waals surface area contributed by atoms with Gasteiger partial charge in [-0.1, -0.05) is 56.3 Å². The third-order valence-corrected chi connectivity index (χ3v) is 6.58. The number of benzene rings is 2. The first kappa shape index (κ1) is 20.4. The van der Waals surface area contributed by atoms with E-state index in [9.17, 15) is 9.90 Å². The summed E-state index contributed by atoms with van der Waals surface area (Å²) in [6, 6.07) is 17.8. The number of piperidine rings is 1. The van der Waals surface area contributed by atoms with E-state index in [1.807, 2.05) is 30.3 Å². The smallest absolute Gasteiger partial charge is 0.314 e. The summed E-state index contributed by atoms with van der Waals surface area (Å²) >= 11 is 0. The number of aromatic hydroxyl groups is 1. The van der Waals surface area contributed by atoms with Gasteiger partial charge in [0.25, 0.3) is 0 Å². The summed E-state index contributed by atoms with van der Waals surface area (Å²) in [7, 11) is 1.48. The molecular formula is C24H32NO3+. The van der Waals surface area contributed by atoms with E-state index in [2.05, 4.69) is 32.0 Å². The van der Waals surface area contributed by atoms with Crippen LogP contribution in [0.5, 0.6) is 5.75 Å². The van der Waals surface area contributed by atoms with Gasteiger partial charge in [-0.15, -0.1) is 0 Å². The van der Waals surface area contributed by atoms with Crippen LogP contribution in [0.25, 0.3) is 0 Å². The maximum absolute atomic E-state index is 12.4. The summed E-state index contributed by atoms with van der Waals surface area (Å²) in [6.07, 6.45) is 1.75. The summed E-state index contributed by atoms with van der Waals surface area (Å²) in [5.74, 6) is 0.535. The largest absolute Gasteiger partial charge is 0.508 e. The van der Waals surface area contributed by atoms with Crippen LogP contribution in [0, 0.1) is 11.8 Å². The van der Waals surface area contributed by atoms with Crippen molar-refractivity contribution in [2.45, 2.75) is 32.1 Å². The molecule has 0 spiro atoms. The fraction of sp³-hybridized carbons (Fsp3) is 0.458. The van der Waals surface area contributed by atoms with Crippen molar-refractivity contribution >= 4 is 5.97 Å². The summed E-state index contributed by atoms with van der Waals surface area (Å²) in [5.41, 5.74) is 2.42.